The summed E-state index contributed by atoms with van der Waals surface area (Å²) in [5.41, 5.74) is 0. The van der Waals surface area contributed by atoms with Crippen LogP contribution in [0.2, 0.25) is 0 Å². The van der Waals surface area contributed by atoms with Crippen LogP contribution in [-0.2, 0) is 23.8 Å². The van der Waals surface area contributed by atoms with Crippen molar-refractivity contribution in [2.24, 2.45) is 0 Å². The highest BCUT2D eigenvalue weighted by Crippen LogP contribution is 2.26. The van der Waals surface area contributed by atoms with Crippen molar-refractivity contribution in [2.45, 2.75) is 237 Å². The zero-order chi connectivity index (χ0) is 54.0. The molecule has 1 aliphatic rings. The fraction of sp³-hybridized carbons (Fsp3) is 0.619. The van der Waals surface area contributed by atoms with Gasteiger partial charge in [0.15, 0.2) is 12.4 Å². The number of unbranched alkanes of at least 4 members (excludes halogenated alkanes) is 16. The molecule has 1 aliphatic heterocycles. The summed E-state index contributed by atoms with van der Waals surface area (Å²) in [6.45, 7) is 5.52. The Morgan fingerprint density at radius 1 is 0.554 bits per heavy atom. The normalized spacial score (nSPS) is 20.4. The lowest BCUT2D eigenvalue weighted by atomic mass is 9.99. The van der Waals surface area contributed by atoms with E-state index in [4.69, 9.17) is 14.2 Å². The number of rotatable bonds is 45. The molecule has 0 aromatic heterocycles. The summed E-state index contributed by atoms with van der Waals surface area (Å²) in [5, 5.41) is 56.7. The number of esters is 1. The van der Waals surface area contributed by atoms with Gasteiger partial charge in [0, 0.05) is 6.42 Å². The second-order valence-electron chi connectivity index (χ2n) is 19.1. The van der Waals surface area contributed by atoms with E-state index >= 15 is 0 Å². The van der Waals surface area contributed by atoms with Crippen molar-refractivity contribution in [3.8, 4) is 0 Å². The van der Waals surface area contributed by atoms with Crippen LogP contribution in [0.1, 0.15) is 188 Å². The monoisotopic (exact) mass is 1030 g/mol. The summed E-state index contributed by atoms with van der Waals surface area (Å²) in [6.07, 6.45) is 59.2. The van der Waals surface area contributed by atoms with Crippen LogP contribution in [-0.4, -0.2) is 99.6 Å². The Kier molecular flexibility index (Phi) is 45.5. The summed E-state index contributed by atoms with van der Waals surface area (Å²) in [6, 6.07) is -1.07. The van der Waals surface area contributed by atoms with Crippen LogP contribution < -0.4 is 5.32 Å². The molecule has 1 saturated heterocycles. The molecule has 0 aliphatic carbocycles. The molecule has 0 bridgehead atoms. The Bertz CT molecular complexity index is 1710. The molecule has 0 aromatic rings. The average Bonchev–Trinajstić information content (AvgIpc) is 3.40. The first-order valence-corrected chi connectivity index (χ1v) is 28.5. The SMILES string of the molecule is CC\C=C/C=C/C=C/C=C\C=C\C=C\CCCCCC(=O)OC1C(OCC(NC(=O)C(O)CC/C=C\C/C=C\C/C=C\C/C=C\CCCCC)C(O)/C=C/CCCCCCCCCCCC)OC(CO)C(O)C1O. The molecule has 6 N–H and O–H groups in total. The van der Waals surface area contributed by atoms with Crippen molar-refractivity contribution in [3.05, 3.63) is 134 Å². The average molecular weight is 1030 g/mol. The van der Waals surface area contributed by atoms with Gasteiger partial charge < -0.3 is 45.1 Å². The predicted molar refractivity (Wildman–Crippen MR) is 305 cm³/mol. The lowest BCUT2D eigenvalue weighted by molar-refractivity contribution is -0.305. The fourth-order valence-corrected chi connectivity index (χ4v) is 7.91. The van der Waals surface area contributed by atoms with Gasteiger partial charge in [-0.15, -0.1) is 0 Å². The molecule has 0 aromatic carbocycles. The minimum atomic E-state index is -1.65. The molecule has 11 nitrogen and oxygen atoms in total. The molecule has 0 saturated carbocycles. The second kappa shape index (κ2) is 49.7. The van der Waals surface area contributed by atoms with Crippen LogP contribution in [0, 0.1) is 0 Å². The first-order chi connectivity index (χ1) is 36.2. The standard InChI is InChI=1S/C63H101NO10/c1-4-7-10-13-16-19-22-25-27-29-31-33-36-39-42-45-48-51-58(68)74-61-60(70)59(69)57(52-65)73-63(61)72-53-54(55(66)49-46-43-40-37-34-24-21-18-15-12-9-6-3)64-62(71)56(67)50-47-44-41-38-35-32-30-28-26-23-20-17-14-11-8-5-2/h7,10,13,16-17,19-20,22,25-29,31-33,35-36,41,44,46,49,54-57,59-61,63,65-67,69-70H,4-6,8-9,11-12,14-15,18,21,23-24,30,34,37-40,42-43,45,47-48,50-53H2,1-3H3,(H,64,71)/b10-7-,16-13+,20-17-,22-19+,27-25-,28-26-,31-29+,35-32-,36-33+,44-41-,49-46+. The molecule has 1 rings (SSSR count). The van der Waals surface area contributed by atoms with Crippen molar-refractivity contribution in [2.75, 3.05) is 13.2 Å². The van der Waals surface area contributed by atoms with Gasteiger partial charge >= 0.3 is 5.97 Å². The van der Waals surface area contributed by atoms with E-state index in [2.05, 4.69) is 74.7 Å². The number of amides is 1. The van der Waals surface area contributed by atoms with Gasteiger partial charge in [0.25, 0.3) is 0 Å². The summed E-state index contributed by atoms with van der Waals surface area (Å²) in [7, 11) is 0. The van der Waals surface area contributed by atoms with Crippen LogP contribution in [0.3, 0.4) is 0 Å². The molecule has 1 fully saturated rings. The van der Waals surface area contributed by atoms with Gasteiger partial charge in [-0.3, -0.25) is 9.59 Å². The summed E-state index contributed by atoms with van der Waals surface area (Å²) >= 11 is 0. The zero-order valence-corrected chi connectivity index (χ0v) is 45.9. The van der Waals surface area contributed by atoms with Crippen molar-refractivity contribution < 1.29 is 49.3 Å². The maximum absolute atomic E-state index is 13.4. The fourth-order valence-electron chi connectivity index (χ4n) is 7.91. The highest BCUT2D eigenvalue weighted by atomic mass is 16.7. The molecular weight excluding hydrogens is 931 g/mol. The lowest BCUT2D eigenvalue weighted by Gasteiger charge is -2.41. The van der Waals surface area contributed by atoms with Crippen molar-refractivity contribution >= 4 is 11.9 Å². The number of allylic oxidation sites excluding steroid dienone is 21. The number of hydrogen-bond donors (Lipinski definition) is 6. The van der Waals surface area contributed by atoms with Gasteiger partial charge in [0.2, 0.25) is 5.91 Å². The van der Waals surface area contributed by atoms with Gasteiger partial charge in [0.05, 0.1) is 25.4 Å². The summed E-state index contributed by atoms with van der Waals surface area (Å²) in [5.74, 6) is -1.31. The number of aliphatic hydroxyl groups is 5. The molecule has 74 heavy (non-hydrogen) atoms. The highest BCUT2D eigenvalue weighted by molar-refractivity contribution is 5.80. The van der Waals surface area contributed by atoms with E-state index in [1.54, 1.807) is 6.08 Å². The Balaban J connectivity index is 2.83. The van der Waals surface area contributed by atoms with E-state index in [1.165, 1.54) is 64.2 Å². The van der Waals surface area contributed by atoms with Gasteiger partial charge in [-0.25, -0.2) is 0 Å². The zero-order valence-electron chi connectivity index (χ0n) is 45.9. The number of carbonyl (C=O) groups is 2. The van der Waals surface area contributed by atoms with Crippen LogP contribution in [0.25, 0.3) is 0 Å². The van der Waals surface area contributed by atoms with E-state index in [1.807, 2.05) is 79.0 Å². The Hall–Kier alpha value is -4.20. The highest BCUT2D eigenvalue weighted by Gasteiger charge is 2.47. The molecule has 1 amide bonds. The Morgan fingerprint density at radius 2 is 1.03 bits per heavy atom. The maximum atomic E-state index is 13.4. The second-order valence-corrected chi connectivity index (χ2v) is 19.1. The van der Waals surface area contributed by atoms with E-state index in [9.17, 15) is 35.1 Å². The van der Waals surface area contributed by atoms with Gasteiger partial charge in [-0.2, -0.15) is 0 Å². The molecule has 0 spiro atoms. The van der Waals surface area contributed by atoms with Gasteiger partial charge in [-0.1, -0.05) is 231 Å². The van der Waals surface area contributed by atoms with Crippen LogP contribution in [0.5, 0.6) is 0 Å². The minimum absolute atomic E-state index is 0.0572. The van der Waals surface area contributed by atoms with Crippen LogP contribution >= 0.6 is 0 Å². The Morgan fingerprint density at radius 3 is 1.61 bits per heavy atom. The first kappa shape index (κ1) is 67.8. The first-order valence-electron chi connectivity index (χ1n) is 28.5. The third kappa shape index (κ3) is 37.5. The third-order valence-electron chi connectivity index (χ3n) is 12.5. The number of nitrogens with one attached hydrogen (secondary N) is 1. The van der Waals surface area contributed by atoms with Crippen molar-refractivity contribution in [1.29, 1.82) is 0 Å². The molecule has 1 heterocycles. The lowest BCUT2D eigenvalue weighted by Crippen LogP contribution is -2.61. The number of hydrogen-bond acceptors (Lipinski definition) is 10. The van der Waals surface area contributed by atoms with Crippen molar-refractivity contribution in [1.82, 2.24) is 5.32 Å². The van der Waals surface area contributed by atoms with Crippen LogP contribution in [0.15, 0.2) is 134 Å². The smallest absolute Gasteiger partial charge is 0.306 e. The summed E-state index contributed by atoms with van der Waals surface area (Å²) in [4.78, 5) is 26.4. The van der Waals surface area contributed by atoms with Crippen LogP contribution in [0.4, 0.5) is 0 Å². The number of carbonyl (C=O) groups excluding carboxylic acids is 2. The number of aliphatic hydroxyl groups excluding tert-OH is 5. The van der Waals surface area contributed by atoms with E-state index < -0.39 is 67.4 Å². The van der Waals surface area contributed by atoms with E-state index in [-0.39, 0.29) is 19.4 Å². The molecule has 418 valence electrons. The number of ether oxygens (including phenoxy) is 3. The molecule has 11 heteroatoms. The van der Waals surface area contributed by atoms with E-state index in [0.717, 1.165) is 77.0 Å². The minimum Gasteiger partial charge on any atom is -0.454 e. The quantitative estimate of drug-likeness (QED) is 0.0149. The molecule has 8 unspecified atom stereocenters. The largest absolute Gasteiger partial charge is 0.454 e. The maximum Gasteiger partial charge on any atom is 0.306 e. The van der Waals surface area contributed by atoms with Gasteiger partial charge in [-0.05, 0) is 83.5 Å². The van der Waals surface area contributed by atoms with Gasteiger partial charge in [0.1, 0.15) is 24.4 Å². The predicted octanol–water partition coefficient (Wildman–Crippen LogP) is 12.9. The topological polar surface area (TPSA) is 175 Å². The third-order valence-corrected chi connectivity index (χ3v) is 12.5. The molecule has 0 radical (unpaired) electrons. The molecule has 8 atom stereocenters. The van der Waals surface area contributed by atoms with Crippen molar-refractivity contribution in [3.63, 3.8) is 0 Å². The summed E-state index contributed by atoms with van der Waals surface area (Å²) < 4.78 is 17.5. The Labute approximate surface area is 448 Å². The van der Waals surface area contributed by atoms with E-state index in [0.29, 0.717) is 12.8 Å². The molecular formula is C63H101NO10.